The van der Waals surface area contributed by atoms with Crippen molar-refractivity contribution in [2.75, 3.05) is 13.1 Å². The molecule has 0 aliphatic carbocycles. The fourth-order valence-electron chi connectivity index (χ4n) is 5.03. The Bertz CT molecular complexity index is 959. The van der Waals surface area contributed by atoms with E-state index in [1.165, 1.54) is 0 Å². The van der Waals surface area contributed by atoms with Crippen molar-refractivity contribution < 1.29 is 19.2 Å². The average Bonchev–Trinajstić information content (AvgIpc) is 3.55. The van der Waals surface area contributed by atoms with Crippen molar-refractivity contribution in [2.45, 2.75) is 96.4 Å². The highest BCUT2D eigenvalue weighted by Crippen LogP contribution is 2.22. The molecule has 204 valence electrons. The Morgan fingerprint density at radius 2 is 1.73 bits per heavy atom. The van der Waals surface area contributed by atoms with E-state index in [-0.39, 0.29) is 35.7 Å². The summed E-state index contributed by atoms with van der Waals surface area (Å²) in [5.41, 5.74) is -0.290. The van der Waals surface area contributed by atoms with E-state index in [0.29, 0.717) is 19.4 Å². The first-order valence-electron chi connectivity index (χ1n) is 13.5. The van der Waals surface area contributed by atoms with Gasteiger partial charge in [-0.1, -0.05) is 44.2 Å². The van der Waals surface area contributed by atoms with Crippen LogP contribution in [0.1, 0.15) is 78.3 Å². The number of hydrogen-bond donors (Lipinski definition) is 4. The van der Waals surface area contributed by atoms with Gasteiger partial charge in [0.15, 0.2) is 0 Å². The van der Waals surface area contributed by atoms with Crippen LogP contribution in [0, 0.1) is 5.92 Å². The molecule has 0 saturated carbocycles. The predicted octanol–water partition coefficient (Wildman–Crippen LogP) is 2.03. The van der Waals surface area contributed by atoms with Crippen LogP contribution in [-0.2, 0) is 19.2 Å². The van der Waals surface area contributed by atoms with Crippen LogP contribution < -0.4 is 21.3 Å². The van der Waals surface area contributed by atoms with E-state index in [1.807, 2.05) is 51.1 Å². The van der Waals surface area contributed by atoms with E-state index in [0.717, 1.165) is 31.4 Å². The zero-order valence-electron chi connectivity index (χ0n) is 22.8. The normalized spacial score (nSPS) is 21.4. The minimum Gasteiger partial charge on any atom is -0.348 e. The minimum absolute atomic E-state index is 0.0430. The molecule has 2 fully saturated rings. The minimum atomic E-state index is -1.26. The second kappa shape index (κ2) is 12.5. The average molecular weight is 514 g/mol. The van der Waals surface area contributed by atoms with Gasteiger partial charge < -0.3 is 26.2 Å². The molecule has 37 heavy (non-hydrogen) atoms. The maximum absolute atomic E-state index is 13.3. The number of nitrogens with zero attached hydrogens (tertiary/aromatic N) is 1. The van der Waals surface area contributed by atoms with E-state index in [2.05, 4.69) is 21.3 Å². The third-order valence-electron chi connectivity index (χ3n) is 7.19. The standard InChI is InChI=1S/C28H43N5O4/c1-18(2)17-22(24(34)30-19(3)20-11-7-6-8-12-20)31-27(37)28(4,5)32-25(35)23-14-10-16-33(23)26(36)21-13-9-15-29-21/h6-8,11-12,18-19,21-23,29H,9-10,13-17H2,1-5H3,(H,30,34)(H,31,37)(H,32,35)/t19-,21+,22+,23-/m1/s1. The molecule has 2 heterocycles. The van der Waals surface area contributed by atoms with Crippen molar-refractivity contribution in [1.29, 1.82) is 0 Å². The van der Waals surface area contributed by atoms with Crippen LogP contribution in [0.15, 0.2) is 30.3 Å². The molecule has 0 spiro atoms. The molecule has 1 aromatic rings. The quantitative estimate of drug-likeness (QED) is 0.382. The Morgan fingerprint density at radius 3 is 2.35 bits per heavy atom. The lowest BCUT2D eigenvalue weighted by molar-refractivity contribution is -0.142. The smallest absolute Gasteiger partial charge is 0.245 e. The highest BCUT2D eigenvalue weighted by molar-refractivity contribution is 5.97. The number of hydrogen-bond acceptors (Lipinski definition) is 5. The third-order valence-corrected chi connectivity index (χ3v) is 7.19. The lowest BCUT2D eigenvalue weighted by atomic mass is 9.98. The van der Waals surface area contributed by atoms with E-state index < -0.39 is 23.5 Å². The van der Waals surface area contributed by atoms with Gasteiger partial charge in [-0.25, -0.2) is 0 Å². The van der Waals surface area contributed by atoms with Crippen LogP contribution in [0.2, 0.25) is 0 Å². The Labute approximate surface area is 220 Å². The third kappa shape index (κ3) is 7.53. The van der Waals surface area contributed by atoms with Gasteiger partial charge in [0.1, 0.15) is 17.6 Å². The Morgan fingerprint density at radius 1 is 1.03 bits per heavy atom. The Hall–Kier alpha value is -2.94. The monoisotopic (exact) mass is 513 g/mol. The molecule has 4 amide bonds. The first-order chi connectivity index (χ1) is 17.5. The van der Waals surface area contributed by atoms with E-state index in [1.54, 1.807) is 18.7 Å². The van der Waals surface area contributed by atoms with Crippen molar-refractivity contribution in [2.24, 2.45) is 5.92 Å². The number of carbonyl (C=O) groups is 4. The SMILES string of the molecule is CC(C)C[C@H](NC(=O)C(C)(C)NC(=O)[C@H]1CCCN1C(=O)[C@@H]1CCCN1)C(=O)N[C@H](C)c1ccccc1. The lowest BCUT2D eigenvalue weighted by Gasteiger charge is -2.32. The van der Waals surface area contributed by atoms with Gasteiger partial charge in [0.05, 0.1) is 12.1 Å². The van der Waals surface area contributed by atoms with Gasteiger partial charge in [-0.3, -0.25) is 19.2 Å². The molecule has 0 aromatic heterocycles. The zero-order valence-corrected chi connectivity index (χ0v) is 22.8. The summed E-state index contributed by atoms with van der Waals surface area (Å²) in [5, 5.41) is 11.9. The summed E-state index contributed by atoms with van der Waals surface area (Å²) in [6.07, 6.45) is 3.50. The molecule has 2 aliphatic heterocycles. The first-order valence-corrected chi connectivity index (χ1v) is 13.5. The number of carbonyl (C=O) groups excluding carboxylic acids is 4. The van der Waals surface area contributed by atoms with Crippen molar-refractivity contribution in [3.8, 4) is 0 Å². The van der Waals surface area contributed by atoms with Crippen molar-refractivity contribution in [3.05, 3.63) is 35.9 Å². The summed E-state index contributed by atoms with van der Waals surface area (Å²) in [5.74, 6) is -0.923. The van der Waals surface area contributed by atoms with Crippen molar-refractivity contribution in [3.63, 3.8) is 0 Å². The Kier molecular flexibility index (Phi) is 9.70. The van der Waals surface area contributed by atoms with Gasteiger partial charge in [-0.15, -0.1) is 0 Å². The Balaban J connectivity index is 1.62. The molecule has 0 radical (unpaired) electrons. The summed E-state index contributed by atoms with van der Waals surface area (Å²) < 4.78 is 0. The van der Waals surface area contributed by atoms with Crippen molar-refractivity contribution >= 4 is 23.6 Å². The van der Waals surface area contributed by atoms with E-state index in [9.17, 15) is 19.2 Å². The van der Waals surface area contributed by atoms with Crippen LogP contribution in [0.4, 0.5) is 0 Å². The molecule has 1 aromatic carbocycles. The zero-order chi connectivity index (χ0) is 27.2. The molecule has 2 saturated heterocycles. The highest BCUT2D eigenvalue weighted by Gasteiger charge is 2.41. The number of benzene rings is 1. The van der Waals surface area contributed by atoms with Gasteiger partial charge in [0.2, 0.25) is 23.6 Å². The molecular weight excluding hydrogens is 470 g/mol. The molecule has 9 heteroatoms. The topological polar surface area (TPSA) is 120 Å². The molecule has 0 bridgehead atoms. The van der Waals surface area contributed by atoms with Crippen LogP contribution in [0.3, 0.4) is 0 Å². The second-order valence-corrected chi connectivity index (χ2v) is 11.2. The molecule has 9 nitrogen and oxygen atoms in total. The predicted molar refractivity (Wildman–Crippen MR) is 142 cm³/mol. The van der Waals surface area contributed by atoms with Gasteiger partial charge >= 0.3 is 0 Å². The largest absolute Gasteiger partial charge is 0.348 e. The number of nitrogens with one attached hydrogen (secondary N) is 4. The molecule has 3 rings (SSSR count). The maximum Gasteiger partial charge on any atom is 0.245 e. The molecule has 2 aliphatic rings. The summed E-state index contributed by atoms with van der Waals surface area (Å²) >= 11 is 0. The van der Waals surface area contributed by atoms with Crippen LogP contribution in [0.25, 0.3) is 0 Å². The number of rotatable bonds is 10. The molecule has 0 unspecified atom stereocenters. The van der Waals surface area contributed by atoms with E-state index in [4.69, 9.17) is 0 Å². The molecular formula is C28H43N5O4. The van der Waals surface area contributed by atoms with Gasteiger partial charge in [0, 0.05) is 6.54 Å². The fourth-order valence-corrected chi connectivity index (χ4v) is 5.03. The van der Waals surface area contributed by atoms with Crippen LogP contribution in [0.5, 0.6) is 0 Å². The van der Waals surface area contributed by atoms with Gasteiger partial charge in [-0.05, 0) is 70.9 Å². The maximum atomic E-state index is 13.3. The van der Waals surface area contributed by atoms with Crippen LogP contribution >= 0.6 is 0 Å². The van der Waals surface area contributed by atoms with Crippen LogP contribution in [-0.4, -0.2) is 65.3 Å². The second-order valence-electron chi connectivity index (χ2n) is 11.2. The summed E-state index contributed by atoms with van der Waals surface area (Å²) in [6, 6.07) is 7.85. The molecule has 4 N–H and O–H groups in total. The number of likely N-dealkylation sites (tertiary alicyclic amines) is 1. The molecule has 4 atom stereocenters. The van der Waals surface area contributed by atoms with Gasteiger partial charge in [-0.2, -0.15) is 0 Å². The highest BCUT2D eigenvalue weighted by atomic mass is 16.2. The van der Waals surface area contributed by atoms with E-state index >= 15 is 0 Å². The summed E-state index contributed by atoms with van der Waals surface area (Å²) in [7, 11) is 0. The van der Waals surface area contributed by atoms with Gasteiger partial charge in [0.25, 0.3) is 0 Å². The summed E-state index contributed by atoms with van der Waals surface area (Å²) in [4.78, 5) is 54.2. The van der Waals surface area contributed by atoms with Crippen molar-refractivity contribution in [1.82, 2.24) is 26.2 Å². The fraction of sp³-hybridized carbons (Fsp3) is 0.643. The first kappa shape index (κ1) is 28.6. The number of amides is 4. The lowest BCUT2D eigenvalue weighted by Crippen LogP contribution is -2.62. The summed E-state index contributed by atoms with van der Waals surface area (Å²) in [6.45, 7) is 10.5.